The van der Waals surface area contributed by atoms with Crippen molar-refractivity contribution >= 4 is 22.8 Å². The number of aryl methyl sites for hydroxylation is 1. The predicted octanol–water partition coefficient (Wildman–Crippen LogP) is 1.87. The normalized spacial score (nSPS) is 17.1. The molecule has 0 aliphatic carbocycles. The van der Waals surface area contributed by atoms with Crippen LogP contribution >= 0.6 is 11.8 Å². The summed E-state index contributed by atoms with van der Waals surface area (Å²) in [6.45, 7) is 7.82. The van der Waals surface area contributed by atoms with Gasteiger partial charge in [0.1, 0.15) is 0 Å². The largest absolute Gasteiger partial charge is 0.333 e. The van der Waals surface area contributed by atoms with Crippen molar-refractivity contribution in [1.29, 1.82) is 0 Å². The van der Waals surface area contributed by atoms with Gasteiger partial charge in [0.05, 0.1) is 11.0 Å². The van der Waals surface area contributed by atoms with Crippen molar-refractivity contribution in [2.24, 2.45) is 0 Å². The third-order valence-electron chi connectivity index (χ3n) is 3.47. The predicted molar refractivity (Wildman–Crippen MR) is 80.9 cm³/mol. The number of rotatable bonds is 4. The van der Waals surface area contributed by atoms with E-state index in [-0.39, 0.29) is 0 Å². The molecule has 0 atom stereocenters. The maximum atomic E-state index is 4.61. The molecule has 0 saturated carbocycles. The van der Waals surface area contributed by atoms with Crippen molar-refractivity contribution in [2.45, 2.75) is 12.1 Å². The van der Waals surface area contributed by atoms with E-state index in [4.69, 9.17) is 0 Å². The Kier molecular flexibility index (Phi) is 4.06. The van der Waals surface area contributed by atoms with Crippen LogP contribution in [0.15, 0.2) is 23.4 Å². The Morgan fingerprint density at radius 1 is 1.32 bits per heavy atom. The van der Waals surface area contributed by atoms with E-state index in [9.17, 15) is 0 Å². The fourth-order valence-electron chi connectivity index (χ4n) is 2.37. The molecule has 1 aliphatic rings. The number of nitrogens with zero attached hydrogens (tertiary/aromatic N) is 2. The van der Waals surface area contributed by atoms with Gasteiger partial charge in [-0.25, -0.2) is 4.98 Å². The van der Waals surface area contributed by atoms with Crippen LogP contribution in [0.4, 0.5) is 0 Å². The van der Waals surface area contributed by atoms with Gasteiger partial charge in [-0.2, -0.15) is 0 Å². The van der Waals surface area contributed by atoms with E-state index in [1.807, 2.05) is 11.8 Å². The topological polar surface area (TPSA) is 44.0 Å². The molecule has 1 fully saturated rings. The molecule has 4 nitrogen and oxygen atoms in total. The summed E-state index contributed by atoms with van der Waals surface area (Å²) in [5.74, 6) is 1.10. The molecule has 0 spiro atoms. The molecule has 102 valence electrons. The van der Waals surface area contributed by atoms with E-state index in [0.29, 0.717) is 0 Å². The average molecular weight is 276 g/mol. The minimum atomic E-state index is 1.04. The van der Waals surface area contributed by atoms with Gasteiger partial charge in [0.2, 0.25) is 0 Å². The second-order valence-electron chi connectivity index (χ2n) is 5.00. The van der Waals surface area contributed by atoms with Crippen LogP contribution in [0.5, 0.6) is 0 Å². The third kappa shape index (κ3) is 3.29. The maximum absolute atomic E-state index is 4.61. The Hall–Kier alpha value is -1.04. The number of thioether (sulfide) groups is 1. The molecule has 0 radical (unpaired) electrons. The molecule has 3 rings (SSSR count). The lowest BCUT2D eigenvalue weighted by Crippen LogP contribution is -2.44. The SMILES string of the molecule is Cc1ccc2nc(SCCN3CCNCC3)[nH]c2c1. The van der Waals surface area contributed by atoms with Crippen LogP contribution in [0.3, 0.4) is 0 Å². The molecule has 1 aromatic carbocycles. The minimum absolute atomic E-state index is 1.04. The Bertz CT molecular complexity index is 545. The first kappa shape index (κ1) is 13.0. The molecule has 1 saturated heterocycles. The van der Waals surface area contributed by atoms with Crippen molar-refractivity contribution in [3.05, 3.63) is 23.8 Å². The van der Waals surface area contributed by atoms with E-state index < -0.39 is 0 Å². The second-order valence-corrected chi connectivity index (χ2v) is 6.09. The van der Waals surface area contributed by atoms with Crippen LogP contribution in [0, 0.1) is 6.92 Å². The van der Waals surface area contributed by atoms with E-state index in [1.54, 1.807) is 0 Å². The van der Waals surface area contributed by atoms with Crippen LogP contribution in [0.2, 0.25) is 0 Å². The zero-order valence-corrected chi connectivity index (χ0v) is 12.1. The lowest BCUT2D eigenvalue weighted by Gasteiger charge is -2.26. The van der Waals surface area contributed by atoms with Crippen molar-refractivity contribution < 1.29 is 0 Å². The number of fused-ring (bicyclic) bond motifs is 1. The summed E-state index contributed by atoms with van der Waals surface area (Å²) >= 11 is 1.82. The zero-order valence-electron chi connectivity index (χ0n) is 11.3. The van der Waals surface area contributed by atoms with Gasteiger partial charge >= 0.3 is 0 Å². The standard InChI is InChI=1S/C14H20N4S/c1-11-2-3-12-13(10-11)17-14(16-12)19-9-8-18-6-4-15-5-7-18/h2-3,10,15H,4-9H2,1H3,(H,16,17). The van der Waals surface area contributed by atoms with Gasteiger partial charge in [0.15, 0.2) is 5.16 Å². The van der Waals surface area contributed by atoms with Crippen molar-refractivity contribution in [1.82, 2.24) is 20.2 Å². The summed E-state index contributed by atoms with van der Waals surface area (Å²) in [6, 6.07) is 6.35. The van der Waals surface area contributed by atoms with E-state index in [0.717, 1.165) is 41.6 Å². The highest BCUT2D eigenvalue weighted by molar-refractivity contribution is 7.99. The zero-order chi connectivity index (χ0) is 13.1. The molecule has 0 unspecified atom stereocenters. The monoisotopic (exact) mass is 276 g/mol. The summed E-state index contributed by atoms with van der Waals surface area (Å²) in [5, 5.41) is 4.42. The van der Waals surface area contributed by atoms with E-state index in [1.165, 1.54) is 18.7 Å². The average Bonchev–Trinajstić information content (AvgIpc) is 2.82. The number of imidazole rings is 1. The van der Waals surface area contributed by atoms with Crippen molar-refractivity contribution in [2.75, 3.05) is 38.5 Å². The van der Waals surface area contributed by atoms with Crippen molar-refractivity contribution in [3.8, 4) is 0 Å². The highest BCUT2D eigenvalue weighted by Gasteiger charge is 2.09. The van der Waals surface area contributed by atoms with Crippen LogP contribution in [-0.4, -0.2) is 53.3 Å². The number of piperazine rings is 1. The van der Waals surface area contributed by atoms with Crippen molar-refractivity contribution in [3.63, 3.8) is 0 Å². The Balaban J connectivity index is 1.56. The number of H-pyrrole nitrogens is 1. The molecule has 2 aromatic rings. The Morgan fingerprint density at radius 2 is 2.16 bits per heavy atom. The first-order valence-corrected chi connectivity index (χ1v) is 7.82. The molecule has 19 heavy (non-hydrogen) atoms. The molecular formula is C14H20N4S. The van der Waals surface area contributed by atoms with Crippen LogP contribution in [0.1, 0.15) is 5.56 Å². The van der Waals surface area contributed by atoms with Crippen LogP contribution < -0.4 is 5.32 Å². The number of aromatic amines is 1. The van der Waals surface area contributed by atoms with E-state index in [2.05, 4.69) is 45.3 Å². The minimum Gasteiger partial charge on any atom is -0.333 e. The summed E-state index contributed by atoms with van der Waals surface area (Å²) in [4.78, 5) is 10.5. The summed E-state index contributed by atoms with van der Waals surface area (Å²) < 4.78 is 0. The molecule has 0 amide bonds. The van der Waals surface area contributed by atoms with Gasteiger partial charge in [0, 0.05) is 38.5 Å². The highest BCUT2D eigenvalue weighted by atomic mass is 32.2. The molecule has 1 aliphatic heterocycles. The van der Waals surface area contributed by atoms with Crippen LogP contribution in [0.25, 0.3) is 11.0 Å². The van der Waals surface area contributed by atoms with E-state index >= 15 is 0 Å². The number of nitrogens with one attached hydrogen (secondary N) is 2. The van der Waals surface area contributed by atoms with Gasteiger partial charge in [0.25, 0.3) is 0 Å². The van der Waals surface area contributed by atoms with Crippen LogP contribution in [-0.2, 0) is 0 Å². The van der Waals surface area contributed by atoms with Gasteiger partial charge in [-0.15, -0.1) is 0 Å². The third-order valence-corrected chi connectivity index (χ3v) is 4.33. The first-order chi connectivity index (χ1) is 9.31. The summed E-state index contributed by atoms with van der Waals surface area (Å²) in [5.41, 5.74) is 3.48. The first-order valence-electron chi connectivity index (χ1n) is 6.83. The maximum Gasteiger partial charge on any atom is 0.166 e. The molecule has 2 heterocycles. The number of benzene rings is 1. The van der Waals surface area contributed by atoms with Gasteiger partial charge in [-0.05, 0) is 24.6 Å². The second kappa shape index (κ2) is 5.94. The van der Waals surface area contributed by atoms with Gasteiger partial charge < -0.3 is 10.3 Å². The fraction of sp³-hybridized carbons (Fsp3) is 0.500. The Labute approximate surface area is 118 Å². The quantitative estimate of drug-likeness (QED) is 0.837. The molecular weight excluding hydrogens is 256 g/mol. The smallest absolute Gasteiger partial charge is 0.166 e. The molecule has 5 heteroatoms. The van der Waals surface area contributed by atoms with Gasteiger partial charge in [-0.1, -0.05) is 17.8 Å². The lowest BCUT2D eigenvalue weighted by molar-refractivity contribution is 0.255. The molecule has 0 bridgehead atoms. The Morgan fingerprint density at radius 3 is 3.00 bits per heavy atom. The molecule has 2 N–H and O–H groups in total. The number of aromatic nitrogens is 2. The highest BCUT2D eigenvalue weighted by Crippen LogP contribution is 2.20. The fourth-order valence-corrected chi connectivity index (χ4v) is 3.26. The van der Waals surface area contributed by atoms with Gasteiger partial charge in [-0.3, -0.25) is 4.90 Å². The number of hydrogen-bond acceptors (Lipinski definition) is 4. The molecule has 1 aromatic heterocycles. The lowest BCUT2D eigenvalue weighted by atomic mass is 10.2. The number of hydrogen-bond donors (Lipinski definition) is 2. The summed E-state index contributed by atoms with van der Waals surface area (Å²) in [6.07, 6.45) is 0. The summed E-state index contributed by atoms with van der Waals surface area (Å²) in [7, 11) is 0.